The summed E-state index contributed by atoms with van der Waals surface area (Å²) < 4.78 is 11.6. The number of aryl methyl sites for hydroxylation is 1. The van der Waals surface area contributed by atoms with Crippen molar-refractivity contribution in [2.45, 2.75) is 95.8 Å². The Hall–Kier alpha value is -2.33. The average molecular weight is 503 g/mol. The highest BCUT2D eigenvalue weighted by atomic mass is 16.7. The molecule has 0 aliphatic carbocycles. The first-order valence-electron chi connectivity index (χ1n) is 12.7. The fraction of sp³-hybridized carbons (Fsp3) is 0.536. The third kappa shape index (κ3) is 6.91. The van der Waals surface area contributed by atoms with Gasteiger partial charge in [-0.1, -0.05) is 69.5 Å². The van der Waals surface area contributed by atoms with Crippen LogP contribution in [-0.2, 0) is 29.0 Å². The van der Waals surface area contributed by atoms with Gasteiger partial charge in [0.15, 0.2) is 11.9 Å². The van der Waals surface area contributed by atoms with Crippen LogP contribution >= 0.6 is 0 Å². The van der Waals surface area contributed by atoms with Crippen molar-refractivity contribution in [1.82, 2.24) is 0 Å². The number of Topliss-reactive ketones (excluding diaryl/α,β-unsaturated/α-hetero) is 1. The van der Waals surface area contributed by atoms with Gasteiger partial charge in [0, 0.05) is 6.42 Å². The Bertz CT molecular complexity index is 976. The summed E-state index contributed by atoms with van der Waals surface area (Å²) in [6.45, 7) is 3.85. The van der Waals surface area contributed by atoms with E-state index in [1.165, 1.54) is 5.56 Å². The number of ether oxygens (including phenoxy) is 2. The first kappa shape index (κ1) is 28.2. The van der Waals surface area contributed by atoms with Crippen LogP contribution in [0.4, 0.5) is 0 Å². The molecule has 2 aromatic carbocycles. The molecular formula is C28H38O8. The number of hydrogen-bond donors (Lipinski definition) is 5. The molecule has 1 saturated heterocycles. The van der Waals surface area contributed by atoms with E-state index in [0.29, 0.717) is 24.2 Å². The number of aliphatic hydroxyl groups is 5. The van der Waals surface area contributed by atoms with Gasteiger partial charge in [-0.15, -0.1) is 0 Å². The molecule has 198 valence electrons. The number of ketones is 1. The Kier molecular flexibility index (Phi) is 10.4. The molecule has 1 aliphatic heterocycles. The van der Waals surface area contributed by atoms with Crippen LogP contribution in [0.25, 0.3) is 0 Å². The van der Waals surface area contributed by atoms with Gasteiger partial charge < -0.3 is 35.0 Å². The Morgan fingerprint density at radius 3 is 2.25 bits per heavy atom. The first-order chi connectivity index (χ1) is 17.3. The second kappa shape index (κ2) is 13.3. The monoisotopic (exact) mass is 502 g/mol. The molecule has 0 radical (unpaired) electrons. The Morgan fingerprint density at radius 2 is 1.61 bits per heavy atom. The van der Waals surface area contributed by atoms with E-state index >= 15 is 0 Å². The molecule has 8 heteroatoms. The highest BCUT2D eigenvalue weighted by Crippen LogP contribution is 2.30. The number of carbonyl (C=O) groups is 1. The zero-order valence-corrected chi connectivity index (χ0v) is 20.9. The van der Waals surface area contributed by atoms with E-state index in [2.05, 4.69) is 6.92 Å². The molecule has 0 saturated carbocycles. The molecule has 1 heterocycles. The second-order valence-corrected chi connectivity index (χ2v) is 9.38. The Balaban J connectivity index is 1.81. The molecule has 0 aromatic heterocycles. The summed E-state index contributed by atoms with van der Waals surface area (Å²) in [5, 5.41) is 51.3. The molecule has 6 atom stereocenters. The van der Waals surface area contributed by atoms with Crippen LogP contribution in [-0.4, -0.2) is 68.1 Å². The molecule has 1 fully saturated rings. The van der Waals surface area contributed by atoms with Gasteiger partial charge in [-0.05, 0) is 41.2 Å². The number of unbranched alkanes of at least 4 members (excludes halogenated alkanes) is 2. The van der Waals surface area contributed by atoms with Crippen molar-refractivity contribution < 1.29 is 39.8 Å². The van der Waals surface area contributed by atoms with Crippen LogP contribution in [0.3, 0.4) is 0 Å². The van der Waals surface area contributed by atoms with Crippen LogP contribution in [0.15, 0.2) is 42.5 Å². The third-order valence-electron chi connectivity index (χ3n) is 6.64. The highest BCUT2D eigenvalue weighted by molar-refractivity contribution is 5.88. The maximum absolute atomic E-state index is 12.8. The van der Waals surface area contributed by atoms with Crippen LogP contribution in [0.5, 0.6) is 5.75 Å². The van der Waals surface area contributed by atoms with E-state index in [-0.39, 0.29) is 13.0 Å². The van der Waals surface area contributed by atoms with Gasteiger partial charge in [-0.25, -0.2) is 0 Å². The van der Waals surface area contributed by atoms with E-state index < -0.39 is 42.6 Å². The maximum atomic E-state index is 12.8. The molecule has 1 aliphatic rings. The maximum Gasteiger partial charge on any atom is 0.229 e. The minimum absolute atomic E-state index is 0.211. The van der Waals surface area contributed by atoms with Crippen LogP contribution < -0.4 is 4.74 Å². The summed E-state index contributed by atoms with van der Waals surface area (Å²) in [5.41, 5.74) is 3.55. The summed E-state index contributed by atoms with van der Waals surface area (Å²) in [6.07, 6.45) is -5.44. The third-order valence-corrected chi connectivity index (χ3v) is 6.64. The second-order valence-electron chi connectivity index (χ2n) is 9.38. The molecule has 36 heavy (non-hydrogen) atoms. The fourth-order valence-electron chi connectivity index (χ4n) is 4.29. The van der Waals surface area contributed by atoms with Gasteiger partial charge in [0.2, 0.25) is 6.29 Å². The standard InChI is InChI=1S/C28H38O8/c1-3-5-6-7-21(30)23(31)27-25(33)24(32)26(34)28(36-27)35-22-15-19(16-29)12-13-20(22)14-18-10-8-17(4-2)9-11-18/h8-13,15,21,24-30,32-34H,3-7,14,16H2,1-2H3/t21?,24-,25-,26+,27+,28-/m0/s1. The SMILES string of the molecule is CCCCCC(O)C(=O)[C@H]1O[C@H](Oc2cc(CO)ccc2Cc2ccc(CC)cc2)[C@H](O)[C@@H](O)[C@@H]1O. The van der Waals surface area contributed by atoms with Gasteiger partial charge in [-0.3, -0.25) is 4.79 Å². The molecule has 8 nitrogen and oxygen atoms in total. The lowest BCUT2D eigenvalue weighted by molar-refractivity contribution is -0.268. The lowest BCUT2D eigenvalue weighted by Gasteiger charge is -2.40. The van der Waals surface area contributed by atoms with Gasteiger partial charge in [-0.2, -0.15) is 0 Å². The smallest absolute Gasteiger partial charge is 0.229 e. The summed E-state index contributed by atoms with van der Waals surface area (Å²) in [4.78, 5) is 12.8. The van der Waals surface area contributed by atoms with Gasteiger partial charge in [0.1, 0.15) is 30.2 Å². The van der Waals surface area contributed by atoms with E-state index in [9.17, 15) is 30.3 Å². The van der Waals surface area contributed by atoms with Crippen molar-refractivity contribution >= 4 is 5.78 Å². The Morgan fingerprint density at radius 1 is 0.944 bits per heavy atom. The molecule has 0 bridgehead atoms. The molecular weight excluding hydrogens is 464 g/mol. The normalized spacial score (nSPS) is 24.9. The topological polar surface area (TPSA) is 137 Å². The largest absolute Gasteiger partial charge is 0.462 e. The van der Waals surface area contributed by atoms with Crippen LogP contribution in [0.2, 0.25) is 0 Å². The lowest BCUT2D eigenvalue weighted by Crippen LogP contribution is -2.62. The molecule has 5 N–H and O–H groups in total. The quantitative estimate of drug-likeness (QED) is 0.278. The number of carbonyl (C=O) groups excluding carboxylic acids is 1. The van der Waals surface area contributed by atoms with Crippen molar-refractivity contribution in [2.75, 3.05) is 0 Å². The van der Waals surface area contributed by atoms with Crippen molar-refractivity contribution in [1.29, 1.82) is 0 Å². The molecule has 2 aromatic rings. The van der Waals surface area contributed by atoms with Crippen molar-refractivity contribution in [3.8, 4) is 5.75 Å². The molecule has 1 unspecified atom stereocenters. The number of aliphatic hydroxyl groups excluding tert-OH is 5. The zero-order valence-electron chi connectivity index (χ0n) is 20.9. The minimum atomic E-state index is -1.72. The summed E-state index contributed by atoms with van der Waals surface area (Å²) in [7, 11) is 0. The van der Waals surface area contributed by atoms with E-state index in [4.69, 9.17) is 9.47 Å². The predicted molar refractivity (Wildman–Crippen MR) is 133 cm³/mol. The lowest BCUT2D eigenvalue weighted by atomic mass is 9.92. The fourth-order valence-corrected chi connectivity index (χ4v) is 4.29. The van der Waals surface area contributed by atoms with Gasteiger partial charge in [0.25, 0.3) is 0 Å². The minimum Gasteiger partial charge on any atom is -0.462 e. The van der Waals surface area contributed by atoms with Crippen LogP contribution in [0.1, 0.15) is 61.8 Å². The summed E-state index contributed by atoms with van der Waals surface area (Å²) >= 11 is 0. The first-order valence-corrected chi connectivity index (χ1v) is 12.7. The number of rotatable bonds is 12. The molecule has 0 amide bonds. The zero-order chi connectivity index (χ0) is 26.2. The molecule has 0 spiro atoms. The van der Waals surface area contributed by atoms with Crippen molar-refractivity contribution in [2.24, 2.45) is 0 Å². The summed E-state index contributed by atoms with van der Waals surface area (Å²) in [6, 6.07) is 13.3. The van der Waals surface area contributed by atoms with Crippen LogP contribution in [0, 0.1) is 0 Å². The van der Waals surface area contributed by atoms with Gasteiger partial charge in [0.05, 0.1) is 6.61 Å². The van der Waals surface area contributed by atoms with Gasteiger partial charge >= 0.3 is 0 Å². The van der Waals surface area contributed by atoms with E-state index in [1.54, 1.807) is 18.2 Å². The average Bonchev–Trinajstić information content (AvgIpc) is 2.89. The highest BCUT2D eigenvalue weighted by Gasteiger charge is 2.49. The number of hydrogen-bond acceptors (Lipinski definition) is 8. The van der Waals surface area contributed by atoms with Crippen molar-refractivity contribution in [3.63, 3.8) is 0 Å². The van der Waals surface area contributed by atoms with E-state index in [1.807, 2.05) is 31.2 Å². The van der Waals surface area contributed by atoms with Crippen molar-refractivity contribution in [3.05, 3.63) is 64.7 Å². The summed E-state index contributed by atoms with van der Waals surface area (Å²) in [5.74, 6) is -0.457. The molecule has 3 rings (SSSR count). The predicted octanol–water partition coefficient (Wildman–Crippen LogP) is 2.03. The Labute approximate surface area is 212 Å². The number of benzene rings is 2. The van der Waals surface area contributed by atoms with E-state index in [0.717, 1.165) is 30.4 Å².